The zero-order chi connectivity index (χ0) is 17.9. The maximum atomic E-state index is 12.9. The van der Waals surface area contributed by atoms with Crippen molar-refractivity contribution in [3.63, 3.8) is 0 Å². The second kappa shape index (κ2) is 7.25. The monoisotopic (exact) mass is 367 g/mol. The summed E-state index contributed by atoms with van der Waals surface area (Å²) < 4.78 is 0. The third kappa shape index (κ3) is 3.46. The van der Waals surface area contributed by atoms with Gasteiger partial charge in [0.05, 0.1) is 0 Å². The lowest BCUT2D eigenvalue weighted by molar-refractivity contribution is -0.123. The minimum atomic E-state index is -0.0561. The molecule has 1 saturated heterocycles. The molecule has 1 amide bonds. The summed E-state index contributed by atoms with van der Waals surface area (Å²) in [6, 6.07) is 11.4. The van der Waals surface area contributed by atoms with E-state index in [-0.39, 0.29) is 11.8 Å². The summed E-state index contributed by atoms with van der Waals surface area (Å²) in [4.78, 5) is 21.8. The van der Waals surface area contributed by atoms with Crippen LogP contribution >= 0.6 is 11.6 Å². The molecule has 1 atom stereocenters. The first-order chi connectivity index (χ1) is 12.7. The highest BCUT2D eigenvalue weighted by Crippen LogP contribution is 2.26. The summed E-state index contributed by atoms with van der Waals surface area (Å²) in [5.41, 5.74) is 2.01. The number of carbonyl (C=O) groups excluding carboxylic acids is 1. The molecule has 132 valence electrons. The smallest absolute Gasteiger partial charge is 0.232 e. The lowest BCUT2D eigenvalue weighted by atomic mass is 9.90. The van der Waals surface area contributed by atoms with E-state index in [9.17, 15) is 4.79 Å². The fourth-order valence-electron chi connectivity index (χ4n) is 3.27. The van der Waals surface area contributed by atoms with E-state index in [0.717, 1.165) is 24.0 Å². The fourth-order valence-corrected chi connectivity index (χ4v) is 3.39. The van der Waals surface area contributed by atoms with Crippen LogP contribution in [-0.4, -0.2) is 32.6 Å². The molecule has 0 radical (unpaired) electrons. The maximum Gasteiger partial charge on any atom is 0.232 e. The van der Waals surface area contributed by atoms with E-state index in [0.29, 0.717) is 29.8 Å². The first-order valence-corrected chi connectivity index (χ1v) is 8.97. The number of hydrogen-bond donors (Lipinski definition) is 1. The maximum absolute atomic E-state index is 12.9. The Hall–Kier alpha value is -2.73. The highest BCUT2D eigenvalue weighted by molar-refractivity contribution is 6.30. The van der Waals surface area contributed by atoms with E-state index in [4.69, 9.17) is 11.6 Å². The Balaban J connectivity index is 1.51. The molecule has 0 saturated carbocycles. The zero-order valence-electron chi connectivity index (χ0n) is 14.1. The number of benzene rings is 1. The molecule has 26 heavy (non-hydrogen) atoms. The molecule has 1 fully saturated rings. The molecule has 0 unspecified atom stereocenters. The predicted octanol–water partition coefficient (Wildman–Crippen LogP) is 3.51. The summed E-state index contributed by atoms with van der Waals surface area (Å²) in [5, 5.41) is 9.06. The van der Waals surface area contributed by atoms with Crippen LogP contribution in [0.1, 0.15) is 18.4 Å². The Labute approximate surface area is 156 Å². The van der Waals surface area contributed by atoms with Crippen LogP contribution in [0.2, 0.25) is 5.02 Å². The highest BCUT2D eigenvalue weighted by Gasteiger charge is 2.31. The number of nitrogens with one attached hydrogen (secondary N) is 1. The molecule has 1 N–H and O–H groups in total. The molecular formula is C19H18ClN5O. The van der Waals surface area contributed by atoms with E-state index in [1.807, 2.05) is 36.4 Å². The number of piperidine rings is 1. The molecule has 0 bridgehead atoms. The van der Waals surface area contributed by atoms with Gasteiger partial charge in [-0.3, -0.25) is 14.7 Å². The number of halogens is 1. The number of aromatic nitrogens is 4. The van der Waals surface area contributed by atoms with Crippen molar-refractivity contribution < 1.29 is 4.79 Å². The molecule has 1 aliphatic rings. The van der Waals surface area contributed by atoms with E-state index >= 15 is 0 Å². The van der Waals surface area contributed by atoms with E-state index in [2.05, 4.69) is 20.2 Å². The lowest BCUT2D eigenvalue weighted by Crippen LogP contribution is -2.42. The predicted molar refractivity (Wildman–Crippen MR) is 99.8 cm³/mol. The van der Waals surface area contributed by atoms with Crippen molar-refractivity contribution in [1.29, 1.82) is 0 Å². The summed E-state index contributed by atoms with van der Waals surface area (Å²) >= 11 is 5.94. The fraction of sp³-hybridized carbons (Fsp3) is 0.263. The average molecular weight is 368 g/mol. The van der Waals surface area contributed by atoms with Crippen molar-refractivity contribution in [2.75, 3.05) is 11.4 Å². The molecule has 7 heteroatoms. The standard InChI is InChI=1S/C19H18ClN5O/c20-16-5-3-13(4-6-16)12-15-2-1-11-25(18(15)26)19-22-17(23-24-19)14-7-9-21-10-8-14/h3-10,15H,1-2,11-12H2,(H,22,23,24)/t15-/m1/s1. The number of carbonyl (C=O) groups is 1. The van der Waals surface area contributed by atoms with Crippen molar-refractivity contribution in [1.82, 2.24) is 20.2 Å². The van der Waals surface area contributed by atoms with Crippen LogP contribution in [0.3, 0.4) is 0 Å². The van der Waals surface area contributed by atoms with E-state index in [1.165, 1.54) is 0 Å². The molecule has 2 aromatic heterocycles. The number of rotatable bonds is 4. The number of aromatic amines is 1. The number of amides is 1. The van der Waals surface area contributed by atoms with Crippen LogP contribution in [0.25, 0.3) is 11.4 Å². The van der Waals surface area contributed by atoms with Crippen molar-refractivity contribution in [3.8, 4) is 11.4 Å². The minimum absolute atomic E-state index is 0.0561. The van der Waals surface area contributed by atoms with Gasteiger partial charge in [-0.2, -0.15) is 0 Å². The van der Waals surface area contributed by atoms with Gasteiger partial charge in [0.2, 0.25) is 11.9 Å². The van der Waals surface area contributed by atoms with Crippen LogP contribution in [-0.2, 0) is 11.2 Å². The van der Waals surface area contributed by atoms with Crippen molar-refractivity contribution >= 4 is 23.5 Å². The Bertz CT molecular complexity index is 894. The molecular weight excluding hydrogens is 350 g/mol. The van der Waals surface area contributed by atoms with Crippen molar-refractivity contribution in [3.05, 3.63) is 59.4 Å². The SMILES string of the molecule is O=C1[C@@H](Cc2ccc(Cl)cc2)CCCN1c1nnc(-c2ccncc2)[nH]1. The first kappa shape index (κ1) is 16.7. The van der Waals surface area contributed by atoms with Crippen LogP contribution < -0.4 is 4.90 Å². The van der Waals surface area contributed by atoms with Crippen LogP contribution in [0.15, 0.2) is 48.8 Å². The van der Waals surface area contributed by atoms with Gasteiger partial charge in [-0.25, -0.2) is 0 Å². The second-order valence-electron chi connectivity index (χ2n) is 6.39. The molecule has 3 heterocycles. The van der Waals surface area contributed by atoms with Gasteiger partial charge in [0, 0.05) is 35.4 Å². The number of nitrogens with zero attached hydrogens (tertiary/aromatic N) is 4. The largest absolute Gasteiger partial charge is 0.307 e. The van der Waals surface area contributed by atoms with Gasteiger partial charge in [-0.15, -0.1) is 10.2 Å². The van der Waals surface area contributed by atoms with Crippen LogP contribution in [0.4, 0.5) is 5.95 Å². The molecule has 6 nitrogen and oxygen atoms in total. The minimum Gasteiger partial charge on any atom is -0.307 e. The van der Waals surface area contributed by atoms with Crippen LogP contribution in [0.5, 0.6) is 0 Å². The summed E-state index contributed by atoms with van der Waals surface area (Å²) in [6.45, 7) is 0.654. The Morgan fingerprint density at radius 2 is 1.88 bits per heavy atom. The normalized spacial score (nSPS) is 17.5. The van der Waals surface area contributed by atoms with Crippen molar-refractivity contribution in [2.45, 2.75) is 19.3 Å². The summed E-state index contributed by atoms with van der Waals surface area (Å²) in [6.07, 6.45) is 5.92. The third-order valence-electron chi connectivity index (χ3n) is 4.63. The summed E-state index contributed by atoms with van der Waals surface area (Å²) in [5.74, 6) is 1.17. The van der Waals surface area contributed by atoms with Gasteiger partial charge in [-0.05, 0) is 49.1 Å². The van der Waals surface area contributed by atoms with Gasteiger partial charge in [0.15, 0.2) is 5.82 Å². The van der Waals surface area contributed by atoms with Gasteiger partial charge in [0.25, 0.3) is 0 Å². The van der Waals surface area contributed by atoms with Crippen LogP contribution in [0, 0.1) is 5.92 Å². The van der Waals surface area contributed by atoms with E-state index < -0.39 is 0 Å². The van der Waals surface area contributed by atoms with Gasteiger partial charge in [0.1, 0.15) is 0 Å². The molecule has 4 rings (SSSR count). The van der Waals surface area contributed by atoms with Gasteiger partial charge >= 0.3 is 0 Å². The quantitative estimate of drug-likeness (QED) is 0.765. The van der Waals surface area contributed by atoms with E-state index in [1.54, 1.807) is 17.3 Å². The Kier molecular flexibility index (Phi) is 4.67. The number of H-pyrrole nitrogens is 1. The molecule has 3 aromatic rings. The number of anilines is 1. The Morgan fingerprint density at radius 3 is 2.65 bits per heavy atom. The average Bonchev–Trinajstić information content (AvgIpc) is 3.16. The second-order valence-corrected chi connectivity index (χ2v) is 6.83. The highest BCUT2D eigenvalue weighted by atomic mass is 35.5. The van der Waals surface area contributed by atoms with Gasteiger partial charge < -0.3 is 4.98 Å². The molecule has 1 aromatic carbocycles. The number of hydrogen-bond acceptors (Lipinski definition) is 4. The third-order valence-corrected chi connectivity index (χ3v) is 4.88. The Morgan fingerprint density at radius 1 is 1.12 bits per heavy atom. The molecule has 1 aliphatic heterocycles. The lowest BCUT2D eigenvalue weighted by Gasteiger charge is -2.30. The number of pyridine rings is 1. The molecule has 0 spiro atoms. The first-order valence-electron chi connectivity index (χ1n) is 8.59. The zero-order valence-corrected chi connectivity index (χ0v) is 14.9. The molecule has 0 aliphatic carbocycles. The summed E-state index contributed by atoms with van der Waals surface area (Å²) in [7, 11) is 0. The van der Waals surface area contributed by atoms with Crippen molar-refractivity contribution in [2.24, 2.45) is 5.92 Å². The van der Waals surface area contributed by atoms with Gasteiger partial charge in [-0.1, -0.05) is 23.7 Å². The topological polar surface area (TPSA) is 74.8 Å².